The predicted octanol–water partition coefficient (Wildman–Crippen LogP) is 5.14. The fraction of sp³-hybridized carbons (Fsp3) is 0.519. The molecule has 1 atom stereocenters. The monoisotopic (exact) mass is 454 g/mol. The first-order valence-electron chi connectivity index (χ1n) is 11.5. The Kier molecular flexibility index (Phi) is 10.3. The molecule has 0 aliphatic carbocycles. The number of methoxy groups -OCH3 is 4. The summed E-state index contributed by atoms with van der Waals surface area (Å²) < 4.78 is 21.5. The lowest BCUT2D eigenvalue weighted by molar-refractivity contribution is 0.348. The second kappa shape index (κ2) is 13.0. The van der Waals surface area contributed by atoms with Crippen LogP contribution >= 0.6 is 0 Å². The fourth-order valence-electron chi connectivity index (χ4n) is 4.15. The van der Waals surface area contributed by atoms with Crippen LogP contribution in [0.3, 0.4) is 0 Å². The zero-order chi connectivity index (χ0) is 24.3. The van der Waals surface area contributed by atoms with Crippen LogP contribution in [0.25, 0.3) is 0 Å². The second-order valence-corrected chi connectivity index (χ2v) is 8.49. The summed E-state index contributed by atoms with van der Waals surface area (Å²) in [5, 5.41) is 13.7. The molecule has 0 aliphatic heterocycles. The molecule has 0 amide bonds. The number of nitrogens with one attached hydrogen (secondary N) is 1. The van der Waals surface area contributed by atoms with Crippen molar-refractivity contribution in [3.8, 4) is 29.1 Å². The molecule has 0 saturated carbocycles. The van der Waals surface area contributed by atoms with E-state index in [1.807, 2.05) is 30.3 Å². The lowest BCUT2D eigenvalue weighted by Gasteiger charge is -2.32. The maximum atomic E-state index is 10.2. The van der Waals surface area contributed by atoms with Gasteiger partial charge in [0.15, 0.2) is 11.5 Å². The van der Waals surface area contributed by atoms with Crippen LogP contribution in [-0.4, -0.2) is 41.5 Å². The number of rotatable bonds is 14. The van der Waals surface area contributed by atoms with Crippen LogP contribution < -0.4 is 24.3 Å². The van der Waals surface area contributed by atoms with Gasteiger partial charge in [0.05, 0.1) is 39.9 Å². The first-order valence-corrected chi connectivity index (χ1v) is 11.5. The van der Waals surface area contributed by atoms with Crippen molar-refractivity contribution in [2.24, 2.45) is 5.92 Å². The smallest absolute Gasteiger partial charge is 0.160 e. The number of aryl methyl sites for hydroxylation is 1. The van der Waals surface area contributed by atoms with Gasteiger partial charge in [-0.2, -0.15) is 5.26 Å². The van der Waals surface area contributed by atoms with Gasteiger partial charge in [-0.1, -0.05) is 19.9 Å². The van der Waals surface area contributed by atoms with E-state index in [1.54, 1.807) is 28.4 Å². The highest BCUT2D eigenvalue weighted by Crippen LogP contribution is 2.39. The van der Waals surface area contributed by atoms with Gasteiger partial charge in [0.1, 0.15) is 11.5 Å². The van der Waals surface area contributed by atoms with E-state index in [9.17, 15) is 5.26 Å². The summed E-state index contributed by atoms with van der Waals surface area (Å²) in [6, 6.07) is 14.4. The molecule has 0 bridgehead atoms. The van der Waals surface area contributed by atoms with Gasteiger partial charge in [-0.3, -0.25) is 0 Å². The molecule has 2 rings (SSSR count). The summed E-state index contributed by atoms with van der Waals surface area (Å²) >= 11 is 0. The van der Waals surface area contributed by atoms with Crippen molar-refractivity contribution in [3.05, 3.63) is 47.5 Å². The lowest BCUT2D eigenvalue weighted by atomic mass is 9.69. The maximum Gasteiger partial charge on any atom is 0.160 e. The molecule has 0 saturated heterocycles. The highest BCUT2D eigenvalue weighted by atomic mass is 16.5. The minimum Gasteiger partial charge on any atom is -0.497 e. The molecule has 1 N–H and O–H groups in total. The summed E-state index contributed by atoms with van der Waals surface area (Å²) in [6.45, 7) is 5.99. The molecule has 6 heteroatoms. The quantitative estimate of drug-likeness (QED) is 0.399. The molecule has 0 spiro atoms. The average Bonchev–Trinajstić information content (AvgIpc) is 2.85. The molecular formula is C27H38N2O4. The summed E-state index contributed by atoms with van der Waals surface area (Å²) in [5.41, 5.74) is 1.58. The Morgan fingerprint density at radius 2 is 1.48 bits per heavy atom. The molecule has 1 unspecified atom stereocenters. The van der Waals surface area contributed by atoms with E-state index in [0.717, 1.165) is 55.8 Å². The Hall–Kier alpha value is -2.91. The van der Waals surface area contributed by atoms with Gasteiger partial charge >= 0.3 is 0 Å². The van der Waals surface area contributed by atoms with Crippen LogP contribution in [-0.2, 0) is 11.8 Å². The van der Waals surface area contributed by atoms with Crippen molar-refractivity contribution in [2.45, 2.75) is 44.9 Å². The molecule has 6 nitrogen and oxygen atoms in total. The zero-order valence-electron chi connectivity index (χ0n) is 20.9. The Balaban J connectivity index is 1.90. The molecule has 0 heterocycles. The highest BCUT2D eigenvalue weighted by Gasteiger charge is 2.36. The van der Waals surface area contributed by atoms with E-state index in [2.05, 4.69) is 31.3 Å². The Bertz CT molecular complexity index is 901. The largest absolute Gasteiger partial charge is 0.497 e. The molecule has 2 aromatic rings. The second-order valence-electron chi connectivity index (χ2n) is 8.49. The molecule has 180 valence electrons. The van der Waals surface area contributed by atoms with Crippen molar-refractivity contribution in [1.29, 1.82) is 5.26 Å². The van der Waals surface area contributed by atoms with Crippen molar-refractivity contribution in [3.63, 3.8) is 0 Å². The van der Waals surface area contributed by atoms with Crippen molar-refractivity contribution in [2.75, 3.05) is 41.5 Å². The highest BCUT2D eigenvalue weighted by molar-refractivity contribution is 5.45. The average molecular weight is 455 g/mol. The summed E-state index contributed by atoms with van der Waals surface area (Å²) in [4.78, 5) is 0. The van der Waals surface area contributed by atoms with Gasteiger partial charge in [0.25, 0.3) is 0 Å². The van der Waals surface area contributed by atoms with E-state index < -0.39 is 5.41 Å². The number of nitriles is 1. The number of nitrogens with zero attached hydrogens (tertiary/aromatic N) is 1. The lowest BCUT2D eigenvalue weighted by Crippen LogP contribution is -2.32. The molecule has 0 fully saturated rings. The Morgan fingerprint density at radius 3 is 2.03 bits per heavy atom. The minimum absolute atomic E-state index is 0.157. The first kappa shape index (κ1) is 26.3. The predicted molar refractivity (Wildman–Crippen MR) is 132 cm³/mol. The first-order chi connectivity index (χ1) is 15.9. The third-order valence-corrected chi connectivity index (χ3v) is 6.24. The van der Waals surface area contributed by atoms with Crippen LogP contribution in [0.4, 0.5) is 0 Å². The summed E-state index contributed by atoms with van der Waals surface area (Å²) in [6.07, 6.45) is 3.66. The van der Waals surface area contributed by atoms with Gasteiger partial charge in [-0.15, -0.1) is 0 Å². The van der Waals surface area contributed by atoms with Crippen LogP contribution in [0.2, 0.25) is 0 Å². The van der Waals surface area contributed by atoms with Gasteiger partial charge in [0, 0.05) is 6.07 Å². The zero-order valence-corrected chi connectivity index (χ0v) is 20.9. The molecular weight excluding hydrogens is 416 g/mol. The number of hydrogen-bond acceptors (Lipinski definition) is 6. The van der Waals surface area contributed by atoms with Gasteiger partial charge in [0.2, 0.25) is 0 Å². The molecule has 2 aromatic carbocycles. The SMILES string of the molecule is COc1cc(OC)cc(C(C#N)(CCCNCCCc2ccc(OC)c(OC)c2)C(C)C)c1. The third-order valence-electron chi connectivity index (χ3n) is 6.24. The number of benzene rings is 2. The number of hydrogen-bond donors (Lipinski definition) is 1. The minimum atomic E-state index is -0.594. The molecule has 33 heavy (non-hydrogen) atoms. The van der Waals surface area contributed by atoms with Gasteiger partial charge in [-0.05, 0) is 80.1 Å². The third kappa shape index (κ3) is 6.79. The normalized spacial score (nSPS) is 12.7. The number of ether oxygens (including phenoxy) is 4. The molecule has 0 aliphatic rings. The van der Waals surface area contributed by atoms with Crippen molar-refractivity contribution in [1.82, 2.24) is 5.32 Å². The molecule has 0 aromatic heterocycles. The van der Waals surface area contributed by atoms with Gasteiger partial charge < -0.3 is 24.3 Å². The summed E-state index contributed by atoms with van der Waals surface area (Å²) in [7, 11) is 6.57. The maximum absolute atomic E-state index is 10.2. The fourth-order valence-corrected chi connectivity index (χ4v) is 4.15. The van der Waals surface area contributed by atoms with Crippen molar-refractivity contribution < 1.29 is 18.9 Å². The van der Waals surface area contributed by atoms with E-state index in [0.29, 0.717) is 11.5 Å². The topological polar surface area (TPSA) is 72.7 Å². The van der Waals surface area contributed by atoms with E-state index in [-0.39, 0.29) is 5.92 Å². The van der Waals surface area contributed by atoms with E-state index in [4.69, 9.17) is 18.9 Å². The standard InChI is InChI=1S/C27H38N2O4/c1-20(2)27(19-28,22-16-23(30-3)18-24(17-22)31-4)12-8-14-29-13-7-9-21-10-11-25(32-5)26(15-21)33-6/h10-11,15-18,20,29H,7-9,12-14H2,1-6H3. The van der Waals surface area contributed by atoms with Crippen LogP contribution in [0, 0.1) is 17.2 Å². The summed E-state index contributed by atoms with van der Waals surface area (Å²) in [5.74, 6) is 3.08. The van der Waals surface area contributed by atoms with Crippen LogP contribution in [0.1, 0.15) is 44.2 Å². The van der Waals surface area contributed by atoms with Crippen LogP contribution in [0.5, 0.6) is 23.0 Å². The molecule has 0 radical (unpaired) electrons. The Labute approximate surface area is 198 Å². The van der Waals surface area contributed by atoms with Crippen molar-refractivity contribution >= 4 is 0 Å². The van der Waals surface area contributed by atoms with Crippen LogP contribution in [0.15, 0.2) is 36.4 Å². The van der Waals surface area contributed by atoms with E-state index >= 15 is 0 Å². The Morgan fingerprint density at radius 1 is 0.848 bits per heavy atom. The van der Waals surface area contributed by atoms with Gasteiger partial charge in [-0.25, -0.2) is 0 Å². The van der Waals surface area contributed by atoms with E-state index in [1.165, 1.54) is 5.56 Å².